The Bertz CT molecular complexity index is 2640. The van der Waals surface area contributed by atoms with E-state index in [1.165, 1.54) is 34.8 Å². The van der Waals surface area contributed by atoms with Crippen LogP contribution in [0.15, 0.2) is 118 Å². The molecule has 6 heterocycles. The molecule has 0 unspecified atom stereocenters. The van der Waals surface area contributed by atoms with Crippen molar-refractivity contribution in [1.82, 2.24) is 19.9 Å². The average Bonchev–Trinajstić information content (AvgIpc) is 3.90. The number of aromatic nitrogens is 4. The quantitative estimate of drug-likeness (QED) is 0.186. The number of hydrogen-bond donors (Lipinski definition) is 0. The molecule has 6 aromatic heterocycles. The summed E-state index contributed by atoms with van der Waals surface area (Å²) in [4.78, 5) is 20.5. The number of oxazole rings is 2. The Morgan fingerprint density at radius 1 is 0.479 bits per heavy atom. The molecule has 4 aromatic carbocycles. The predicted molar refractivity (Wildman–Crippen MR) is 187 cm³/mol. The second-order valence-corrected chi connectivity index (χ2v) is 13.5. The number of rotatable bonds is 4. The fraction of sp³-hybridized carbons (Fsp3) is 0. The van der Waals surface area contributed by atoms with Crippen molar-refractivity contribution in [3.05, 3.63) is 121 Å². The van der Waals surface area contributed by atoms with E-state index in [1.807, 2.05) is 84.9 Å². The summed E-state index contributed by atoms with van der Waals surface area (Å²) in [5, 5.41) is 3.63. The summed E-state index contributed by atoms with van der Waals surface area (Å²) in [6.45, 7) is 0. The molecule has 6 nitrogen and oxygen atoms in total. The third kappa shape index (κ3) is 4.41. The largest absolute Gasteiger partial charge is 0.435 e. The van der Waals surface area contributed by atoms with Crippen LogP contribution in [-0.2, 0) is 0 Å². The Morgan fingerprint density at radius 3 is 1.42 bits per heavy atom. The Labute approximate surface area is 277 Å². The van der Waals surface area contributed by atoms with Crippen LogP contribution in [0.3, 0.4) is 0 Å². The smallest absolute Gasteiger partial charge is 0.237 e. The van der Waals surface area contributed by atoms with E-state index in [0.29, 0.717) is 64.6 Å². The van der Waals surface area contributed by atoms with E-state index in [-0.39, 0.29) is 11.6 Å². The van der Waals surface area contributed by atoms with Gasteiger partial charge in [0.1, 0.15) is 22.7 Å². The Morgan fingerprint density at radius 2 is 0.938 bits per heavy atom. The van der Waals surface area contributed by atoms with Crippen LogP contribution in [-0.4, -0.2) is 19.9 Å². The standard InChI is InChI=1S/C38H18F2N4O2S2/c39-25-15-33(47-35(25)23-9-19-5-1-3-7-27(19)41-17-23)37-43-29-11-21-14-32-30(12-22(21)13-31(29)45-37)44-38(46-32)34-16-26(40)36(48-34)24-10-20-6-2-4-8-28(20)42-18-24/h1-18H. The van der Waals surface area contributed by atoms with Crippen molar-refractivity contribution >= 4 is 77.5 Å². The summed E-state index contributed by atoms with van der Waals surface area (Å²) in [7, 11) is 0. The van der Waals surface area contributed by atoms with Gasteiger partial charge in [0, 0.05) is 34.3 Å². The molecular formula is C38H18F2N4O2S2. The summed E-state index contributed by atoms with van der Waals surface area (Å²) in [6.07, 6.45) is 3.37. The third-order valence-electron chi connectivity index (χ3n) is 8.35. The number of para-hydroxylation sites is 2. The fourth-order valence-corrected chi connectivity index (χ4v) is 7.92. The minimum atomic E-state index is -0.353. The molecule has 0 radical (unpaired) electrons. The molecule has 0 fully saturated rings. The maximum atomic E-state index is 15.2. The van der Waals surface area contributed by atoms with Gasteiger partial charge in [0.25, 0.3) is 0 Å². The van der Waals surface area contributed by atoms with E-state index in [4.69, 9.17) is 18.8 Å². The molecule has 0 aliphatic carbocycles. The van der Waals surface area contributed by atoms with Crippen molar-refractivity contribution in [2.45, 2.75) is 0 Å². The number of nitrogens with zero attached hydrogens (tertiary/aromatic N) is 4. The minimum Gasteiger partial charge on any atom is -0.435 e. The van der Waals surface area contributed by atoms with E-state index < -0.39 is 0 Å². The van der Waals surface area contributed by atoms with Gasteiger partial charge in [-0.2, -0.15) is 0 Å². The molecule has 0 saturated heterocycles. The molecule has 10 aromatic rings. The second-order valence-electron chi connectivity index (χ2n) is 11.4. The molecule has 0 spiro atoms. The van der Waals surface area contributed by atoms with Crippen molar-refractivity contribution in [3.63, 3.8) is 0 Å². The second kappa shape index (κ2) is 10.3. The van der Waals surface area contributed by atoms with Gasteiger partial charge >= 0.3 is 0 Å². The zero-order chi connectivity index (χ0) is 31.9. The molecule has 0 amide bonds. The van der Waals surface area contributed by atoms with E-state index in [0.717, 1.165) is 32.6 Å². The molecule has 0 atom stereocenters. The number of halogens is 2. The molecule has 0 N–H and O–H groups in total. The van der Waals surface area contributed by atoms with Crippen LogP contribution >= 0.6 is 22.7 Å². The van der Waals surface area contributed by atoms with E-state index in [2.05, 4.69) is 9.97 Å². The molecule has 48 heavy (non-hydrogen) atoms. The van der Waals surface area contributed by atoms with Crippen molar-refractivity contribution in [1.29, 1.82) is 0 Å². The van der Waals surface area contributed by atoms with E-state index in [9.17, 15) is 0 Å². The number of benzene rings is 4. The van der Waals surface area contributed by atoms with Gasteiger partial charge in [-0.05, 0) is 71.4 Å². The summed E-state index contributed by atoms with van der Waals surface area (Å²) >= 11 is 2.55. The van der Waals surface area contributed by atoms with Crippen LogP contribution in [0.25, 0.3) is 97.2 Å². The van der Waals surface area contributed by atoms with Crippen molar-refractivity contribution in [2.75, 3.05) is 0 Å². The van der Waals surface area contributed by atoms with Gasteiger partial charge in [-0.1, -0.05) is 36.4 Å². The van der Waals surface area contributed by atoms with Crippen LogP contribution < -0.4 is 0 Å². The lowest BCUT2D eigenvalue weighted by Gasteiger charge is -2.00. The topological polar surface area (TPSA) is 77.8 Å². The van der Waals surface area contributed by atoms with Crippen LogP contribution in [0.4, 0.5) is 8.78 Å². The summed E-state index contributed by atoms with van der Waals surface area (Å²) in [5.41, 5.74) is 5.51. The number of pyridine rings is 2. The van der Waals surface area contributed by atoms with Gasteiger partial charge in [-0.25, -0.2) is 18.7 Å². The van der Waals surface area contributed by atoms with Gasteiger partial charge in [0.15, 0.2) is 11.2 Å². The van der Waals surface area contributed by atoms with Crippen LogP contribution in [0, 0.1) is 11.6 Å². The highest BCUT2D eigenvalue weighted by Crippen LogP contribution is 2.41. The number of thiophene rings is 2. The molecule has 0 aliphatic rings. The summed E-state index contributed by atoms with van der Waals surface area (Å²) in [6, 6.07) is 29.9. The lowest BCUT2D eigenvalue weighted by molar-refractivity contribution is 0.617. The highest BCUT2D eigenvalue weighted by atomic mass is 32.1. The lowest BCUT2D eigenvalue weighted by atomic mass is 10.1. The first kappa shape index (κ1) is 27.3. The Hall–Kier alpha value is -5.84. The maximum absolute atomic E-state index is 15.2. The lowest BCUT2D eigenvalue weighted by Crippen LogP contribution is -1.82. The Balaban J connectivity index is 0.988. The zero-order valence-electron chi connectivity index (χ0n) is 24.6. The van der Waals surface area contributed by atoms with Gasteiger partial charge in [-0.15, -0.1) is 22.7 Å². The maximum Gasteiger partial charge on any atom is 0.237 e. The van der Waals surface area contributed by atoms with E-state index >= 15 is 8.78 Å². The van der Waals surface area contributed by atoms with Crippen molar-refractivity contribution in [2.24, 2.45) is 0 Å². The molecule has 10 heteroatoms. The monoisotopic (exact) mass is 664 g/mol. The molecule has 0 saturated carbocycles. The molecule has 0 aliphatic heterocycles. The Kier molecular flexibility index (Phi) is 5.87. The van der Waals surface area contributed by atoms with Crippen molar-refractivity contribution < 1.29 is 17.6 Å². The first-order chi connectivity index (χ1) is 23.5. The third-order valence-corrected chi connectivity index (χ3v) is 10.6. The minimum absolute atomic E-state index is 0.338. The molecule has 228 valence electrons. The van der Waals surface area contributed by atoms with Gasteiger partial charge < -0.3 is 8.83 Å². The van der Waals surface area contributed by atoms with Gasteiger partial charge in [0.05, 0.1) is 30.5 Å². The highest BCUT2D eigenvalue weighted by molar-refractivity contribution is 7.19. The average molecular weight is 665 g/mol. The van der Waals surface area contributed by atoms with E-state index in [1.54, 1.807) is 12.4 Å². The summed E-state index contributed by atoms with van der Waals surface area (Å²) in [5.74, 6) is -0.0299. The van der Waals surface area contributed by atoms with Crippen LogP contribution in [0.2, 0.25) is 0 Å². The fourth-order valence-electron chi connectivity index (χ4n) is 6.04. The molecular weight excluding hydrogens is 647 g/mol. The summed E-state index contributed by atoms with van der Waals surface area (Å²) < 4.78 is 42.6. The first-order valence-corrected chi connectivity index (χ1v) is 16.6. The highest BCUT2D eigenvalue weighted by Gasteiger charge is 2.20. The number of fused-ring (bicyclic) bond motifs is 5. The normalized spacial score (nSPS) is 12.0. The zero-order valence-corrected chi connectivity index (χ0v) is 26.2. The van der Waals surface area contributed by atoms with Gasteiger partial charge in [-0.3, -0.25) is 9.97 Å². The van der Waals surface area contributed by atoms with Crippen LogP contribution in [0.5, 0.6) is 0 Å². The number of hydrogen-bond acceptors (Lipinski definition) is 8. The van der Waals surface area contributed by atoms with Crippen LogP contribution in [0.1, 0.15) is 0 Å². The predicted octanol–water partition coefficient (Wildman–Crippen LogP) is 11.3. The van der Waals surface area contributed by atoms with Gasteiger partial charge in [0.2, 0.25) is 11.8 Å². The van der Waals surface area contributed by atoms with Crippen molar-refractivity contribution in [3.8, 4) is 42.4 Å². The SMILES string of the molecule is Fc1cc(-c2nc3cc4cc5oc(-c6cc(F)c(-c7cnc8ccccc8c7)s6)nc5cc4cc3o2)sc1-c1cnc2ccccc2c1. The molecule has 10 rings (SSSR count). The first-order valence-electron chi connectivity index (χ1n) is 15.0. The molecule has 0 bridgehead atoms.